The van der Waals surface area contributed by atoms with Gasteiger partial charge in [0.25, 0.3) is 0 Å². The van der Waals surface area contributed by atoms with E-state index in [2.05, 4.69) is 74.6 Å². The van der Waals surface area contributed by atoms with E-state index >= 15 is 0 Å². The fourth-order valence-corrected chi connectivity index (χ4v) is 7.25. The third-order valence-corrected chi connectivity index (χ3v) is 11.2. The topological polar surface area (TPSA) is 99.1 Å². The van der Waals surface area contributed by atoms with Crippen LogP contribution in [0.25, 0.3) is 0 Å². The van der Waals surface area contributed by atoms with Crippen molar-refractivity contribution >= 4 is 17.9 Å². The first kappa shape index (κ1) is 59.0. The van der Waals surface area contributed by atoms with E-state index < -0.39 is 18.1 Å². The van der Waals surface area contributed by atoms with Crippen molar-refractivity contribution < 1.29 is 38.2 Å². The number of allylic oxidation sites excluding steroid dienone is 10. The molecule has 0 aromatic heterocycles. The second kappa shape index (κ2) is 44.6. The van der Waals surface area contributed by atoms with E-state index in [1.54, 1.807) is 0 Å². The Morgan fingerprint density at radius 3 is 1.35 bits per heavy atom. The number of ether oxygens (including phenoxy) is 3. The number of aliphatic carboxylic acids is 1. The molecule has 62 heavy (non-hydrogen) atoms. The van der Waals surface area contributed by atoms with Gasteiger partial charge in [-0.25, -0.2) is 4.79 Å². The molecule has 0 aliphatic carbocycles. The Labute approximate surface area is 381 Å². The maximum Gasteiger partial charge on any atom is 0.362 e. The summed E-state index contributed by atoms with van der Waals surface area (Å²) in [5, 5.41) is 9.65. The number of esters is 2. The third-order valence-electron chi connectivity index (χ3n) is 11.2. The van der Waals surface area contributed by atoms with Crippen LogP contribution >= 0.6 is 0 Å². The molecule has 0 aliphatic rings. The molecule has 358 valence electrons. The summed E-state index contributed by atoms with van der Waals surface area (Å²) in [5.74, 6) is -1.48. The standard InChI is InChI=1S/C54H95NO7/c1-6-8-10-12-14-16-18-20-22-24-25-26-27-28-29-31-33-35-37-39-41-43-45-53(57)62-50(48-60-47-46-51(54(58)59)55(3,4)5)49-61-52(56)44-42-40-38-36-34-32-30-23-21-19-17-15-13-11-9-7-2/h8,10,14,16,20,22-23,25-26,30,50-51H,6-7,9,11-13,15,17-19,21,24,27-29,31-49H2,1-5H3/p+1/b10-8+,16-14+,22-20+,26-25+,30-23+. The molecule has 0 aromatic carbocycles. The molecule has 0 amide bonds. The van der Waals surface area contributed by atoms with Gasteiger partial charge in [-0.3, -0.25) is 9.59 Å². The van der Waals surface area contributed by atoms with Gasteiger partial charge in [0.15, 0.2) is 12.1 Å². The number of quaternary nitrogens is 1. The largest absolute Gasteiger partial charge is 0.477 e. The van der Waals surface area contributed by atoms with E-state index in [0.29, 0.717) is 19.3 Å². The normalized spacial score (nSPS) is 13.4. The number of unbranched alkanes of at least 4 members (excludes halogenated alkanes) is 21. The average Bonchev–Trinajstić information content (AvgIpc) is 3.23. The van der Waals surface area contributed by atoms with Crippen LogP contribution in [0.2, 0.25) is 0 Å². The Kier molecular flexibility index (Phi) is 42.5. The predicted molar refractivity (Wildman–Crippen MR) is 261 cm³/mol. The second-order valence-corrected chi connectivity index (χ2v) is 18.0. The molecule has 8 nitrogen and oxygen atoms in total. The molecule has 1 N–H and O–H groups in total. The van der Waals surface area contributed by atoms with E-state index in [1.165, 1.54) is 96.3 Å². The van der Waals surface area contributed by atoms with E-state index in [0.717, 1.165) is 83.5 Å². The smallest absolute Gasteiger partial charge is 0.362 e. The van der Waals surface area contributed by atoms with Crippen molar-refractivity contribution in [2.75, 3.05) is 41.0 Å². The van der Waals surface area contributed by atoms with Gasteiger partial charge in [0, 0.05) is 19.3 Å². The molecule has 8 heteroatoms. The van der Waals surface area contributed by atoms with Crippen molar-refractivity contribution in [3.63, 3.8) is 0 Å². The minimum Gasteiger partial charge on any atom is -0.477 e. The fraction of sp³-hybridized carbons (Fsp3) is 0.759. The molecule has 0 rings (SSSR count). The summed E-state index contributed by atoms with van der Waals surface area (Å²) in [4.78, 5) is 37.1. The Bertz CT molecular complexity index is 1200. The molecule has 0 saturated carbocycles. The lowest BCUT2D eigenvalue weighted by Gasteiger charge is -2.31. The summed E-state index contributed by atoms with van der Waals surface area (Å²) < 4.78 is 17.3. The van der Waals surface area contributed by atoms with Gasteiger partial charge in [-0.2, -0.15) is 0 Å². The van der Waals surface area contributed by atoms with Crippen molar-refractivity contribution in [2.24, 2.45) is 0 Å². The van der Waals surface area contributed by atoms with E-state index in [4.69, 9.17) is 14.2 Å². The number of carboxylic acids is 1. The van der Waals surface area contributed by atoms with Crippen LogP contribution in [-0.2, 0) is 28.6 Å². The molecular weight excluding hydrogens is 775 g/mol. The number of carbonyl (C=O) groups excluding carboxylic acids is 2. The molecule has 0 aromatic rings. The van der Waals surface area contributed by atoms with Gasteiger partial charge >= 0.3 is 17.9 Å². The monoisotopic (exact) mass is 871 g/mol. The number of nitrogens with zero attached hydrogens (tertiary/aromatic N) is 1. The molecular formula is C54H96NO7+. The zero-order valence-corrected chi connectivity index (χ0v) is 40.8. The van der Waals surface area contributed by atoms with Crippen molar-refractivity contribution in [2.45, 2.75) is 225 Å². The number of carbonyl (C=O) groups is 3. The first-order chi connectivity index (χ1) is 30.1. The number of likely N-dealkylation sites (N-methyl/N-ethyl adjacent to an activating group) is 1. The Hall–Kier alpha value is -2.97. The zero-order chi connectivity index (χ0) is 45.6. The SMILES string of the molecule is CC/C=C/C/C=C/C/C=C/C/C=C/CCCCCCCCCCCC(=O)OC(COCCC(C(=O)O)[N+](C)(C)C)COC(=O)CCCCCCC/C=C/CCCCCCCCC. The molecule has 0 heterocycles. The van der Waals surface area contributed by atoms with Gasteiger partial charge in [0.05, 0.1) is 34.4 Å². The summed E-state index contributed by atoms with van der Waals surface area (Å²) >= 11 is 0. The quantitative estimate of drug-likeness (QED) is 0.0282. The van der Waals surface area contributed by atoms with Crippen LogP contribution < -0.4 is 0 Å². The van der Waals surface area contributed by atoms with Crippen molar-refractivity contribution in [1.29, 1.82) is 0 Å². The van der Waals surface area contributed by atoms with Crippen LogP contribution in [0.5, 0.6) is 0 Å². The highest BCUT2D eigenvalue weighted by atomic mass is 16.6. The molecule has 2 unspecified atom stereocenters. The van der Waals surface area contributed by atoms with Crippen LogP contribution in [0.1, 0.15) is 213 Å². The zero-order valence-electron chi connectivity index (χ0n) is 40.8. The summed E-state index contributed by atoms with van der Waals surface area (Å²) in [7, 11) is 5.53. The highest BCUT2D eigenvalue weighted by molar-refractivity contribution is 5.72. The van der Waals surface area contributed by atoms with Crippen LogP contribution in [0.3, 0.4) is 0 Å². The lowest BCUT2D eigenvalue weighted by atomic mass is 10.1. The van der Waals surface area contributed by atoms with Crippen LogP contribution in [-0.4, -0.2) is 80.6 Å². The maximum atomic E-state index is 12.8. The van der Waals surface area contributed by atoms with Crippen LogP contribution in [0.4, 0.5) is 0 Å². The minimum atomic E-state index is -0.877. The van der Waals surface area contributed by atoms with Crippen LogP contribution in [0, 0.1) is 0 Å². The summed E-state index contributed by atoms with van der Waals surface area (Å²) in [6.45, 7) is 4.62. The van der Waals surface area contributed by atoms with Gasteiger partial charge in [-0.1, -0.05) is 177 Å². The predicted octanol–water partition coefficient (Wildman–Crippen LogP) is 14.5. The molecule has 0 fully saturated rings. The molecule has 0 aliphatic heterocycles. The van der Waals surface area contributed by atoms with Gasteiger partial charge in [-0.15, -0.1) is 0 Å². The van der Waals surface area contributed by atoms with Crippen LogP contribution in [0.15, 0.2) is 60.8 Å². The van der Waals surface area contributed by atoms with Crippen molar-refractivity contribution in [1.82, 2.24) is 0 Å². The Morgan fingerprint density at radius 1 is 0.500 bits per heavy atom. The highest BCUT2D eigenvalue weighted by Crippen LogP contribution is 2.15. The number of rotatable bonds is 45. The third kappa shape index (κ3) is 42.3. The summed E-state index contributed by atoms with van der Waals surface area (Å²) in [6.07, 6.45) is 55.5. The minimum absolute atomic E-state index is 0.0550. The van der Waals surface area contributed by atoms with Gasteiger partial charge in [-0.05, 0) is 77.0 Å². The molecule has 0 bridgehead atoms. The molecule has 0 spiro atoms. The van der Waals surface area contributed by atoms with Crippen molar-refractivity contribution in [3.8, 4) is 0 Å². The first-order valence-electron chi connectivity index (χ1n) is 25.3. The van der Waals surface area contributed by atoms with Gasteiger partial charge in [0.2, 0.25) is 0 Å². The number of hydrogen-bond acceptors (Lipinski definition) is 6. The number of hydrogen-bond donors (Lipinski definition) is 1. The maximum absolute atomic E-state index is 12.8. The highest BCUT2D eigenvalue weighted by Gasteiger charge is 2.31. The van der Waals surface area contributed by atoms with Gasteiger partial charge in [0.1, 0.15) is 6.61 Å². The van der Waals surface area contributed by atoms with E-state index in [-0.39, 0.29) is 36.2 Å². The number of carboxylic acid groups (broad SMARTS) is 1. The second-order valence-electron chi connectivity index (χ2n) is 18.0. The Morgan fingerprint density at radius 2 is 0.903 bits per heavy atom. The average molecular weight is 871 g/mol. The van der Waals surface area contributed by atoms with E-state index in [9.17, 15) is 19.5 Å². The summed E-state index contributed by atoms with van der Waals surface area (Å²) in [6, 6.07) is -0.619. The fourth-order valence-electron chi connectivity index (χ4n) is 7.25. The lowest BCUT2D eigenvalue weighted by Crippen LogP contribution is -2.50. The molecule has 0 saturated heterocycles. The molecule has 0 radical (unpaired) electrons. The molecule has 2 atom stereocenters. The first-order valence-corrected chi connectivity index (χ1v) is 25.3. The lowest BCUT2D eigenvalue weighted by molar-refractivity contribution is -0.887. The van der Waals surface area contributed by atoms with E-state index in [1.807, 2.05) is 21.1 Å². The summed E-state index contributed by atoms with van der Waals surface area (Å²) in [5.41, 5.74) is 0. The van der Waals surface area contributed by atoms with Gasteiger partial charge < -0.3 is 23.8 Å². The van der Waals surface area contributed by atoms with Crippen molar-refractivity contribution in [3.05, 3.63) is 60.8 Å². The Balaban J connectivity index is 4.27.